The Labute approximate surface area is 180 Å². The number of carbonyl (C=O) groups excluding carboxylic acids is 1. The predicted octanol–water partition coefficient (Wildman–Crippen LogP) is 4.81. The molecule has 0 unspecified atom stereocenters. The molecule has 0 aliphatic rings. The summed E-state index contributed by atoms with van der Waals surface area (Å²) < 4.78 is 5.88. The van der Waals surface area contributed by atoms with Gasteiger partial charge in [0.15, 0.2) is 0 Å². The van der Waals surface area contributed by atoms with Crippen molar-refractivity contribution in [1.29, 1.82) is 0 Å². The molecule has 6 nitrogen and oxygen atoms in total. The Morgan fingerprint density at radius 1 is 0.968 bits per heavy atom. The zero-order valence-corrected chi connectivity index (χ0v) is 17.1. The van der Waals surface area contributed by atoms with Gasteiger partial charge in [0, 0.05) is 5.56 Å². The molecule has 1 aromatic heterocycles. The molecule has 0 saturated heterocycles. The molecular weight excluding hydrogens is 388 g/mol. The van der Waals surface area contributed by atoms with Gasteiger partial charge in [-0.25, -0.2) is 5.43 Å². The molecule has 0 spiro atoms. The van der Waals surface area contributed by atoms with Gasteiger partial charge in [0.1, 0.15) is 18.1 Å². The largest absolute Gasteiger partial charge is 0.489 e. The molecule has 0 atom stereocenters. The van der Waals surface area contributed by atoms with Crippen LogP contribution in [-0.2, 0) is 6.61 Å². The number of amides is 1. The summed E-state index contributed by atoms with van der Waals surface area (Å²) in [4.78, 5) is 12.4. The van der Waals surface area contributed by atoms with Crippen LogP contribution in [0.4, 0.5) is 0 Å². The first-order valence-corrected chi connectivity index (χ1v) is 9.91. The normalized spacial score (nSPS) is 11.2. The van der Waals surface area contributed by atoms with Crippen molar-refractivity contribution in [3.8, 4) is 17.0 Å². The van der Waals surface area contributed by atoms with Gasteiger partial charge in [0.25, 0.3) is 5.91 Å². The van der Waals surface area contributed by atoms with Crippen LogP contribution in [0.1, 0.15) is 28.5 Å². The highest BCUT2D eigenvalue weighted by Crippen LogP contribution is 2.23. The van der Waals surface area contributed by atoms with E-state index in [0.717, 1.165) is 28.2 Å². The molecule has 0 bridgehead atoms. The fraction of sp³-hybridized carbons (Fsp3) is 0.0800. The molecule has 4 rings (SSSR count). The molecule has 0 radical (unpaired) electrons. The van der Waals surface area contributed by atoms with Gasteiger partial charge < -0.3 is 4.74 Å². The Bertz CT molecular complexity index is 1180. The fourth-order valence-electron chi connectivity index (χ4n) is 3.01. The van der Waals surface area contributed by atoms with Crippen molar-refractivity contribution < 1.29 is 9.53 Å². The van der Waals surface area contributed by atoms with E-state index in [4.69, 9.17) is 4.74 Å². The van der Waals surface area contributed by atoms with Gasteiger partial charge in [-0.05, 0) is 36.2 Å². The van der Waals surface area contributed by atoms with E-state index >= 15 is 0 Å². The topological polar surface area (TPSA) is 79.4 Å². The number of aromatic nitrogens is 2. The van der Waals surface area contributed by atoms with E-state index in [1.54, 1.807) is 6.07 Å². The maximum atomic E-state index is 12.4. The molecule has 6 heteroatoms. The SMILES string of the molecule is C/C(=N\NC(=O)c1cc(-c2cccc(OCc3ccccc3)c2)n[nH]1)c1ccccc1. The Balaban J connectivity index is 1.41. The van der Waals surface area contributed by atoms with Crippen molar-refractivity contribution in [2.45, 2.75) is 13.5 Å². The number of H-pyrrole nitrogens is 1. The highest BCUT2D eigenvalue weighted by Gasteiger charge is 2.11. The predicted molar refractivity (Wildman–Crippen MR) is 121 cm³/mol. The van der Waals surface area contributed by atoms with E-state index in [1.165, 1.54) is 0 Å². The molecular formula is C25H22N4O2. The quantitative estimate of drug-likeness (QED) is 0.339. The molecule has 0 aliphatic carbocycles. The molecule has 1 amide bonds. The zero-order chi connectivity index (χ0) is 21.5. The first kappa shape index (κ1) is 20.1. The van der Waals surface area contributed by atoms with Gasteiger partial charge in [-0.2, -0.15) is 10.2 Å². The van der Waals surface area contributed by atoms with Gasteiger partial charge >= 0.3 is 0 Å². The van der Waals surface area contributed by atoms with Gasteiger partial charge in [-0.1, -0.05) is 72.8 Å². The number of hydrogen-bond donors (Lipinski definition) is 2. The smallest absolute Gasteiger partial charge is 0.289 e. The van der Waals surface area contributed by atoms with Gasteiger partial charge in [-0.15, -0.1) is 0 Å². The minimum absolute atomic E-state index is 0.329. The van der Waals surface area contributed by atoms with Crippen LogP contribution in [0.2, 0.25) is 0 Å². The lowest BCUT2D eigenvalue weighted by Gasteiger charge is -2.07. The minimum atomic E-state index is -0.356. The lowest BCUT2D eigenvalue weighted by Crippen LogP contribution is -2.19. The summed E-state index contributed by atoms with van der Waals surface area (Å²) in [5, 5.41) is 11.2. The number of aromatic amines is 1. The Morgan fingerprint density at radius 2 is 1.71 bits per heavy atom. The Kier molecular flexibility index (Phi) is 6.18. The van der Waals surface area contributed by atoms with Crippen LogP contribution in [0.3, 0.4) is 0 Å². The maximum Gasteiger partial charge on any atom is 0.289 e. The highest BCUT2D eigenvalue weighted by molar-refractivity contribution is 6.00. The Hall–Kier alpha value is -4.19. The molecule has 3 aromatic carbocycles. The molecule has 31 heavy (non-hydrogen) atoms. The van der Waals surface area contributed by atoms with E-state index < -0.39 is 0 Å². The standard InChI is InChI=1S/C25H22N4O2/c1-18(20-11-6-3-7-12-20)26-29-25(30)24-16-23(27-28-24)21-13-8-14-22(15-21)31-17-19-9-4-2-5-10-19/h2-16H,17H2,1H3,(H,27,28)(H,29,30)/b26-18+. The van der Waals surface area contributed by atoms with Crippen LogP contribution < -0.4 is 10.2 Å². The summed E-state index contributed by atoms with van der Waals surface area (Å²) in [5.41, 5.74) is 7.16. The van der Waals surface area contributed by atoms with Crippen LogP contribution in [0, 0.1) is 0 Å². The third-order valence-corrected chi connectivity index (χ3v) is 4.72. The van der Waals surface area contributed by atoms with E-state index in [-0.39, 0.29) is 5.91 Å². The van der Waals surface area contributed by atoms with Crippen LogP contribution in [-0.4, -0.2) is 21.8 Å². The molecule has 1 heterocycles. The number of carbonyl (C=O) groups is 1. The molecule has 154 valence electrons. The van der Waals surface area contributed by atoms with E-state index in [1.807, 2.05) is 91.9 Å². The number of ether oxygens (including phenoxy) is 1. The lowest BCUT2D eigenvalue weighted by molar-refractivity contribution is 0.0950. The second-order valence-electron chi connectivity index (χ2n) is 6.97. The average molecular weight is 410 g/mol. The summed E-state index contributed by atoms with van der Waals surface area (Å²) >= 11 is 0. The highest BCUT2D eigenvalue weighted by atomic mass is 16.5. The van der Waals surface area contributed by atoms with Crippen molar-refractivity contribution in [2.75, 3.05) is 0 Å². The number of rotatable bonds is 7. The van der Waals surface area contributed by atoms with Crippen LogP contribution in [0.15, 0.2) is 96.1 Å². The summed E-state index contributed by atoms with van der Waals surface area (Å²) in [6.45, 7) is 2.33. The first-order chi connectivity index (χ1) is 15.2. The fourth-order valence-corrected chi connectivity index (χ4v) is 3.01. The maximum absolute atomic E-state index is 12.4. The van der Waals surface area contributed by atoms with Gasteiger partial charge in [-0.3, -0.25) is 9.89 Å². The van der Waals surface area contributed by atoms with Gasteiger partial charge in [0.05, 0.1) is 11.4 Å². The molecule has 2 N–H and O–H groups in total. The number of benzene rings is 3. The second-order valence-corrected chi connectivity index (χ2v) is 6.97. The zero-order valence-electron chi connectivity index (χ0n) is 17.1. The third kappa shape index (κ3) is 5.25. The van der Waals surface area contributed by atoms with Crippen LogP contribution in [0.5, 0.6) is 5.75 Å². The number of hydrogen-bond acceptors (Lipinski definition) is 4. The van der Waals surface area contributed by atoms with E-state index in [2.05, 4.69) is 20.7 Å². The summed E-state index contributed by atoms with van der Waals surface area (Å²) in [6, 6.07) is 29.0. The Morgan fingerprint density at radius 3 is 2.48 bits per heavy atom. The summed E-state index contributed by atoms with van der Waals surface area (Å²) in [6.07, 6.45) is 0. The number of nitrogens with zero attached hydrogens (tertiary/aromatic N) is 2. The monoisotopic (exact) mass is 410 g/mol. The van der Waals surface area contributed by atoms with Crippen molar-refractivity contribution in [2.24, 2.45) is 5.10 Å². The molecule has 0 fully saturated rings. The lowest BCUT2D eigenvalue weighted by atomic mass is 10.1. The summed E-state index contributed by atoms with van der Waals surface area (Å²) in [7, 11) is 0. The van der Waals surface area contributed by atoms with E-state index in [9.17, 15) is 4.79 Å². The number of hydrazone groups is 1. The average Bonchev–Trinajstić information content (AvgIpc) is 3.33. The molecule has 4 aromatic rings. The van der Waals surface area contributed by atoms with Crippen molar-refractivity contribution in [1.82, 2.24) is 15.6 Å². The van der Waals surface area contributed by atoms with Crippen molar-refractivity contribution in [3.63, 3.8) is 0 Å². The summed E-state index contributed by atoms with van der Waals surface area (Å²) in [5.74, 6) is 0.379. The van der Waals surface area contributed by atoms with Crippen LogP contribution >= 0.6 is 0 Å². The minimum Gasteiger partial charge on any atom is -0.489 e. The van der Waals surface area contributed by atoms with Crippen molar-refractivity contribution in [3.05, 3.63) is 108 Å². The van der Waals surface area contributed by atoms with Crippen molar-refractivity contribution >= 4 is 11.6 Å². The van der Waals surface area contributed by atoms with E-state index in [0.29, 0.717) is 18.0 Å². The molecule has 0 saturated carbocycles. The van der Waals surface area contributed by atoms with Crippen LogP contribution in [0.25, 0.3) is 11.3 Å². The molecule has 0 aliphatic heterocycles. The number of nitrogens with one attached hydrogen (secondary N) is 2. The third-order valence-electron chi connectivity index (χ3n) is 4.72. The van der Waals surface area contributed by atoms with Gasteiger partial charge in [0.2, 0.25) is 0 Å². The first-order valence-electron chi connectivity index (χ1n) is 9.91. The second kappa shape index (κ2) is 9.54.